The van der Waals surface area contributed by atoms with Crippen LogP contribution in [0.25, 0.3) is 6.08 Å². The Labute approximate surface area is 165 Å². The van der Waals surface area contributed by atoms with E-state index in [9.17, 15) is 14.9 Å². The normalized spacial score (nSPS) is 11.9. The summed E-state index contributed by atoms with van der Waals surface area (Å²) in [7, 11) is 3.85. The zero-order valence-corrected chi connectivity index (χ0v) is 16.4. The molecule has 6 heteroatoms. The molecule has 0 aliphatic heterocycles. The van der Waals surface area contributed by atoms with Crippen LogP contribution in [0.15, 0.2) is 54.1 Å². The van der Waals surface area contributed by atoms with Gasteiger partial charge in [0.1, 0.15) is 11.6 Å². The van der Waals surface area contributed by atoms with Gasteiger partial charge >= 0.3 is 5.97 Å². The van der Waals surface area contributed by atoms with Gasteiger partial charge in [0, 0.05) is 25.5 Å². The van der Waals surface area contributed by atoms with Gasteiger partial charge in [-0.05, 0) is 49.8 Å². The molecule has 1 atom stereocenters. The second-order valence-electron chi connectivity index (χ2n) is 6.56. The van der Waals surface area contributed by atoms with Gasteiger partial charge in [-0.25, -0.2) is 4.79 Å². The Morgan fingerprint density at radius 2 is 1.71 bits per heavy atom. The lowest BCUT2D eigenvalue weighted by molar-refractivity contribution is -0.148. The van der Waals surface area contributed by atoms with Crippen molar-refractivity contribution in [1.82, 2.24) is 0 Å². The van der Waals surface area contributed by atoms with Crippen molar-refractivity contribution in [3.05, 3.63) is 65.2 Å². The number of hydrogen-bond acceptors (Lipinski definition) is 5. The van der Waals surface area contributed by atoms with Crippen molar-refractivity contribution in [2.45, 2.75) is 20.0 Å². The molecule has 6 nitrogen and oxygen atoms in total. The highest BCUT2D eigenvalue weighted by molar-refractivity contribution is 6.01. The summed E-state index contributed by atoms with van der Waals surface area (Å²) in [6, 6.07) is 16.4. The van der Waals surface area contributed by atoms with E-state index in [1.165, 1.54) is 13.0 Å². The molecule has 0 bridgehead atoms. The van der Waals surface area contributed by atoms with E-state index in [1.54, 1.807) is 24.3 Å². The highest BCUT2D eigenvalue weighted by Gasteiger charge is 2.20. The number of amides is 1. The van der Waals surface area contributed by atoms with Crippen LogP contribution in [0.3, 0.4) is 0 Å². The number of rotatable bonds is 6. The first-order chi connectivity index (χ1) is 13.3. The molecule has 0 heterocycles. The van der Waals surface area contributed by atoms with Crippen molar-refractivity contribution >= 4 is 29.3 Å². The molecule has 2 aromatic carbocycles. The molecule has 1 amide bonds. The molecule has 28 heavy (non-hydrogen) atoms. The molecule has 0 radical (unpaired) electrons. The summed E-state index contributed by atoms with van der Waals surface area (Å²) in [5.41, 5.74) is 3.19. The van der Waals surface area contributed by atoms with E-state index in [1.807, 2.05) is 56.3 Å². The first-order valence-corrected chi connectivity index (χ1v) is 8.78. The Bertz CT molecular complexity index is 908. The molecule has 144 valence electrons. The van der Waals surface area contributed by atoms with Crippen LogP contribution in [0, 0.1) is 18.3 Å². The predicted octanol–water partition coefficient (Wildman–Crippen LogP) is 3.54. The lowest BCUT2D eigenvalue weighted by Gasteiger charge is -2.13. The first kappa shape index (κ1) is 20.7. The minimum absolute atomic E-state index is 0.174. The lowest BCUT2D eigenvalue weighted by Crippen LogP contribution is -2.30. The average Bonchev–Trinajstić information content (AvgIpc) is 2.68. The van der Waals surface area contributed by atoms with E-state index in [0.29, 0.717) is 11.3 Å². The van der Waals surface area contributed by atoms with Crippen molar-refractivity contribution in [2.24, 2.45) is 0 Å². The summed E-state index contributed by atoms with van der Waals surface area (Å²) in [4.78, 5) is 26.4. The summed E-state index contributed by atoms with van der Waals surface area (Å²) in [6.07, 6.45) is 0.397. The summed E-state index contributed by atoms with van der Waals surface area (Å²) >= 11 is 0. The van der Waals surface area contributed by atoms with Gasteiger partial charge in [0.2, 0.25) is 0 Å². The molecular weight excluding hydrogens is 354 g/mol. The van der Waals surface area contributed by atoms with Crippen LogP contribution in [-0.4, -0.2) is 32.1 Å². The fraction of sp³-hybridized carbons (Fsp3) is 0.227. The summed E-state index contributed by atoms with van der Waals surface area (Å²) in [6.45, 7) is 3.40. The number of ether oxygens (including phenoxy) is 1. The number of hydrogen-bond donors (Lipinski definition) is 1. The fourth-order valence-electron chi connectivity index (χ4n) is 2.33. The summed E-state index contributed by atoms with van der Waals surface area (Å²) in [5.74, 6) is -1.31. The summed E-state index contributed by atoms with van der Waals surface area (Å²) < 4.78 is 5.15. The van der Waals surface area contributed by atoms with E-state index in [2.05, 4.69) is 5.32 Å². The van der Waals surface area contributed by atoms with Gasteiger partial charge in [-0.1, -0.05) is 29.8 Å². The maximum absolute atomic E-state index is 12.3. The Morgan fingerprint density at radius 3 is 2.25 bits per heavy atom. The molecular formula is C22H23N3O3. The second kappa shape index (κ2) is 9.38. The maximum atomic E-state index is 12.3. The summed E-state index contributed by atoms with van der Waals surface area (Å²) in [5, 5.41) is 12.0. The van der Waals surface area contributed by atoms with Crippen LogP contribution in [0.2, 0.25) is 0 Å². The molecule has 0 aliphatic rings. The molecule has 0 aromatic heterocycles. The lowest BCUT2D eigenvalue weighted by atomic mass is 10.1. The van der Waals surface area contributed by atoms with Crippen molar-refractivity contribution in [2.75, 3.05) is 24.3 Å². The zero-order chi connectivity index (χ0) is 20.7. The van der Waals surface area contributed by atoms with Gasteiger partial charge in [-0.2, -0.15) is 5.26 Å². The smallest absolute Gasteiger partial charge is 0.349 e. The number of esters is 1. The van der Waals surface area contributed by atoms with E-state index in [4.69, 9.17) is 4.74 Å². The van der Waals surface area contributed by atoms with Crippen molar-refractivity contribution in [3.63, 3.8) is 0 Å². The van der Waals surface area contributed by atoms with Gasteiger partial charge in [-0.15, -0.1) is 0 Å². The Morgan fingerprint density at radius 1 is 1.11 bits per heavy atom. The quantitative estimate of drug-likeness (QED) is 0.473. The molecule has 0 fully saturated rings. The van der Waals surface area contributed by atoms with E-state index >= 15 is 0 Å². The van der Waals surface area contributed by atoms with Crippen molar-refractivity contribution < 1.29 is 14.3 Å². The van der Waals surface area contributed by atoms with E-state index in [-0.39, 0.29) is 5.57 Å². The number of nitrogens with zero attached hydrogens (tertiary/aromatic N) is 2. The van der Waals surface area contributed by atoms with E-state index in [0.717, 1.165) is 11.3 Å². The van der Waals surface area contributed by atoms with Crippen molar-refractivity contribution in [1.29, 1.82) is 5.26 Å². The van der Waals surface area contributed by atoms with Crippen LogP contribution in [0.5, 0.6) is 0 Å². The third-order valence-corrected chi connectivity index (χ3v) is 4.03. The number of aryl methyl sites for hydroxylation is 1. The zero-order valence-electron chi connectivity index (χ0n) is 16.4. The standard InChI is InChI=1S/C22H23N3O3/c1-15-5-9-19(10-6-15)24-21(26)16(2)28-22(27)18(14-23)13-17-7-11-20(12-8-17)25(3)4/h5-13,16H,1-4H3,(H,24,26)/b18-13+. The third kappa shape index (κ3) is 5.71. The van der Waals surface area contributed by atoms with Gasteiger partial charge in [0.15, 0.2) is 6.10 Å². The number of benzene rings is 2. The minimum Gasteiger partial charge on any atom is -0.448 e. The molecule has 0 saturated heterocycles. The number of carbonyl (C=O) groups excluding carboxylic acids is 2. The molecule has 0 aliphatic carbocycles. The highest BCUT2D eigenvalue weighted by atomic mass is 16.5. The second-order valence-corrected chi connectivity index (χ2v) is 6.56. The van der Waals surface area contributed by atoms with E-state index < -0.39 is 18.0 Å². The van der Waals surface area contributed by atoms with Crippen LogP contribution < -0.4 is 10.2 Å². The Hall–Kier alpha value is -3.59. The molecule has 1 N–H and O–H groups in total. The first-order valence-electron chi connectivity index (χ1n) is 8.78. The molecule has 2 aromatic rings. The number of nitrogens with one attached hydrogen (secondary N) is 1. The topological polar surface area (TPSA) is 82.4 Å². The number of anilines is 2. The third-order valence-electron chi connectivity index (χ3n) is 4.03. The van der Waals surface area contributed by atoms with Crippen molar-refractivity contribution in [3.8, 4) is 6.07 Å². The fourth-order valence-corrected chi connectivity index (χ4v) is 2.33. The van der Waals surface area contributed by atoms with Gasteiger partial charge < -0.3 is 15.0 Å². The van der Waals surface area contributed by atoms with Crippen LogP contribution in [0.1, 0.15) is 18.1 Å². The largest absolute Gasteiger partial charge is 0.448 e. The number of nitriles is 1. The minimum atomic E-state index is -1.04. The average molecular weight is 377 g/mol. The number of carbonyl (C=O) groups is 2. The molecule has 0 saturated carbocycles. The maximum Gasteiger partial charge on any atom is 0.349 e. The molecule has 1 unspecified atom stereocenters. The van der Waals surface area contributed by atoms with Gasteiger partial charge in [-0.3, -0.25) is 4.79 Å². The monoisotopic (exact) mass is 377 g/mol. The molecule has 2 rings (SSSR count). The SMILES string of the molecule is Cc1ccc(NC(=O)C(C)OC(=O)/C(C#N)=C/c2ccc(N(C)C)cc2)cc1. The highest BCUT2D eigenvalue weighted by Crippen LogP contribution is 2.16. The van der Waals surface area contributed by atoms with Gasteiger partial charge in [0.25, 0.3) is 5.91 Å². The van der Waals surface area contributed by atoms with Gasteiger partial charge in [0.05, 0.1) is 0 Å². The molecule has 0 spiro atoms. The Kier molecular flexibility index (Phi) is 6.94. The Balaban J connectivity index is 2.02. The predicted molar refractivity (Wildman–Crippen MR) is 110 cm³/mol. The van der Waals surface area contributed by atoms with Crippen LogP contribution in [0.4, 0.5) is 11.4 Å². The van der Waals surface area contributed by atoms with Crippen LogP contribution in [-0.2, 0) is 14.3 Å². The van der Waals surface area contributed by atoms with Crippen LogP contribution >= 0.6 is 0 Å².